The van der Waals surface area contributed by atoms with Crippen LogP contribution in [0.1, 0.15) is 31.2 Å². The van der Waals surface area contributed by atoms with Crippen LogP contribution in [0, 0.1) is 17.7 Å². The number of benzene rings is 1. The fourth-order valence-electron chi connectivity index (χ4n) is 4.44. The van der Waals surface area contributed by atoms with E-state index in [1.807, 2.05) is 26.2 Å². The van der Waals surface area contributed by atoms with E-state index in [1.54, 1.807) is 6.07 Å². The molecule has 0 aromatic heterocycles. The molecular formula is C23H36FN3O2. The van der Waals surface area contributed by atoms with Gasteiger partial charge in [-0.25, -0.2) is 4.39 Å². The van der Waals surface area contributed by atoms with Crippen LogP contribution in [-0.2, 0) is 16.1 Å². The van der Waals surface area contributed by atoms with Crippen molar-refractivity contribution in [1.29, 1.82) is 0 Å². The lowest BCUT2D eigenvalue weighted by Crippen LogP contribution is -2.47. The molecule has 2 heterocycles. The van der Waals surface area contributed by atoms with Crippen molar-refractivity contribution in [3.63, 3.8) is 0 Å². The van der Waals surface area contributed by atoms with Gasteiger partial charge in [0.2, 0.25) is 5.91 Å². The minimum Gasteiger partial charge on any atom is -0.381 e. The van der Waals surface area contributed by atoms with E-state index >= 15 is 0 Å². The lowest BCUT2D eigenvalue weighted by molar-refractivity contribution is -0.139. The van der Waals surface area contributed by atoms with Crippen molar-refractivity contribution >= 4 is 5.91 Å². The Morgan fingerprint density at radius 3 is 2.66 bits per heavy atom. The standard InChI is InChI=1S/C23H36FN3O2/c1-25(2)12-13-27(23(28)20-9-14-29-15-10-20)17-19-6-5-11-26(16-19)18-21-7-3-4-8-22(21)24/h3-4,7-8,19-20H,5-6,9-18H2,1-2H3. The molecule has 0 bridgehead atoms. The molecule has 0 spiro atoms. The first-order valence-electron chi connectivity index (χ1n) is 11.0. The number of likely N-dealkylation sites (N-methyl/N-ethyl adjacent to an activating group) is 1. The molecular weight excluding hydrogens is 369 g/mol. The highest BCUT2D eigenvalue weighted by atomic mass is 19.1. The smallest absolute Gasteiger partial charge is 0.225 e. The molecule has 1 amide bonds. The van der Waals surface area contributed by atoms with Crippen molar-refractivity contribution < 1.29 is 13.9 Å². The number of hydrogen-bond donors (Lipinski definition) is 0. The Morgan fingerprint density at radius 2 is 1.93 bits per heavy atom. The molecule has 29 heavy (non-hydrogen) atoms. The van der Waals surface area contributed by atoms with Gasteiger partial charge in [-0.2, -0.15) is 0 Å². The fraction of sp³-hybridized carbons (Fsp3) is 0.696. The second-order valence-electron chi connectivity index (χ2n) is 8.81. The van der Waals surface area contributed by atoms with Crippen LogP contribution in [0.5, 0.6) is 0 Å². The average Bonchev–Trinajstić information content (AvgIpc) is 2.73. The maximum absolute atomic E-state index is 14.0. The van der Waals surface area contributed by atoms with Crippen LogP contribution in [0.3, 0.4) is 0 Å². The SMILES string of the molecule is CN(C)CCN(CC1CCCN(Cc2ccccc2F)C1)C(=O)C1CCOCC1. The van der Waals surface area contributed by atoms with Crippen molar-refractivity contribution in [2.24, 2.45) is 11.8 Å². The molecule has 1 atom stereocenters. The van der Waals surface area contributed by atoms with Crippen LogP contribution < -0.4 is 0 Å². The van der Waals surface area contributed by atoms with Crippen LogP contribution >= 0.6 is 0 Å². The third-order valence-corrected chi connectivity index (χ3v) is 6.13. The highest BCUT2D eigenvalue weighted by Crippen LogP contribution is 2.23. The Kier molecular flexibility index (Phi) is 8.45. The van der Waals surface area contributed by atoms with Crippen molar-refractivity contribution in [2.45, 2.75) is 32.2 Å². The molecule has 162 valence electrons. The van der Waals surface area contributed by atoms with Crippen molar-refractivity contribution in [3.05, 3.63) is 35.6 Å². The van der Waals surface area contributed by atoms with Crippen molar-refractivity contribution in [2.75, 3.05) is 60.0 Å². The molecule has 0 aliphatic carbocycles. The maximum atomic E-state index is 14.0. The minimum absolute atomic E-state index is 0.101. The van der Waals surface area contributed by atoms with Gasteiger partial charge in [0.1, 0.15) is 5.82 Å². The highest BCUT2D eigenvalue weighted by Gasteiger charge is 2.29. The summed E-state index contributed by atoms with van der Waals surface area (Å²) in [6, 6.07) is 7.04. The molecule has 1 unspecified atom stereocenters. The number of likely N-dealkylation sites (tertiary alicyclic amines) is 1. The number of hydrogen-bond acceptors (Lipinski definition) is 4. The van der Waals surface area contributed by atoms with Gasteiger partial charge >= 0.3 is 0 Å². The van der Waals surface area contributed by atoms with Crippen LogP contribution in [-0.4, -0.2) is 80.6 Å². The molecule has 6 heteroatoms. The highest BCUT2D eigenvalue weighted by molar-refractivity contribution is 5.79. The first-order chi connectivity index (χ1) is 14.0. The maximum Gasteiger partial charge on any atom is 0.225 e. The largest absolute Gasteiger partial charge is 0.381 e. The zero-order chi connectivity index (χ0) is 20.6. The summed E-state index contributed by atoms with van der Waals surface area (Å²) in [6.07, 6.45) is 3.90. The fourth-order valence-corrected chi connectivity index (χ4v) is 4.44. The summed E-state index contributed by atoms with van der Waals surface area (Å²) in [4.78, 5) is 19.8. The first-order valence-corrected chi connectivity index (χ1v) is 11.0. The van der Waals surface area contributed by atoms with Gasteiger partial charge in [-0.15, -0.1) is 0 Å². The number of carbonyl (C=O) groups excluding carboxylic acids is 1. The molecule has 0 N–H and O–H groups in total. The Bertz CT molecular complexity index is 649. The van der Waals surface area contributed by atoms with E-state index in [9.17, 15) is 9.18 Å². The number of nitrogens with zero attached hydrogens (tertiary/aromatic N) is 3. The zero-order valence-electron chi connectivity index (χ0n) is 18.0. The predicted octanol–water partition coefficient (Wildman–Crippen LogP) is 2.85. The zero-order valence-corrected chi connectivity index (χ0v) is 18.0. The predicted molar refractivity (Wildman–Crippen MR) is 113 cm³/mol. The number of amides is 1. The molecule has 1 aromatic carbocycles. The van der Waals surface area contributed by atoms with E-state index in [0.717, 1.165) is 64.0 Å². The van der Waals surface area contributed by atoms with E-state index in [2.05, 4.69) is 14.7 Å². The summed E-state index contributed by atoms with van der Waals surface area (Å²) < 4.78 is 19.5. The minimum atomic E-state index is -0.128. The Balaban J connectivity index is 1.59. The summed E-state index contributed by atoms with van der Waals surface area (Å²) in [5.41, 5.74) is 0.760. The topological polar surface area (TPSA) is 36.0 Å². The molecule has 2 saturated heterocycles. The number of rotatable bonds is 8. The monoisotopic (exact) mass is 405 g/mol. The van der Waals surface area contributed by atoms with Crippen LogP contribution in [0.25, 0.3) is 0 Å². The summed E-state index contributed by atoms with van der Waals surface area (Å²) in [5.74, 6) is 0.712. The molecule has 0 radical (unpaired) electrons. The Morgan fingerprint density at radius 1 is 1.17 bits per heavy atom. The summed E-state index contributed by atoms with van der Waals surface area (Å²) in [7, 11) is 4.10. The average molecular weight is 406 g/mol. The van der Waals surface area contributed by atoms with Crippen molar-refractivity contribution in [1.82, 2.24) is 14.7 Å². The summed E-state index contributed by atoms with van der Waals surface area (Å²) >= 11 is 0. The third kappa shape index (κ3) is 6.76. The molecule has 0 saturated carbocycles. The van der Waals surface area contributed by atoms with E-state index in [0.29, 0.717) is 31.6 Å². The number of halogens is 1. The van der Waals surface area contributed by atoms with Gasteiger partial charge in [-0.05, 0) is 58.3 Å². The molecule has 3 rings (SSSR count). The second-order valence-corrected chi connectivity index (χ2v) is 8.81. The molecule has 2 fully saturated rings. The van der Waals surface area contributed by atoms with Gasteiger partial charge in [0, 0.05) is 57.4 Å². The van der Waals surface area contributed by atoms with Gasteiger partial charge in [-0.3, -0.25) is 9.69 Å². The number of ether oxygens (including phenoxy) is 1. The van der Waals surface area contributed by atoms with Crippen molar-refractivity contribution in [3.8, 4) is 0 Å². The summed E-state index contributed by atoms with van der Waals surface area (Å²) in [6.45, 7) is 6.40. The van der Waals surface area contributed by atoms with Gasteiger partial charge in [0.05, 0.1) is 0 Å². The van der Waals surface area contributed by atoms with Gasteiger partial charge in [0.15, 0.2) is 0 Å². The van der Waals surface area contributed by atoms with E-state index in [-0.39, 0.29) is 11.7 Å². The quantitative estimate of drug-likeness (QED) is 0.666. The normalized spacial score (nSPS) is 21.4. The van der Waals surface area contributed by atoms with Crippen LogP contribution in [0.15, 0.2) is 24.3 Å². The lowest BCUT2D eigenvalue weighted by atomic mass is 9.94. The molecule has 2 aliphatic rings. The van der Waals surface area contributed by atoms with E-state index in [1.165, 1.54) is 6.07 Å². The summed E-state index contributed by atoms with van der Waals surface area (Å²) in [5, 5.41) is 0. The third-order valence-electron chi connectivity index (χ3n) is 6.13. The van der Waals surface area contributed by atoms with Gasteiger partial charge in [-0.1, -0.05) is 18.2 Å². The van der Waals surface area contributed by atoms with Crippen LogP contribution in [0.4, 0.5) is 4.39 Å². The van der Waals surface area contributed by atoms with Crippen LogP contribution in [0.2, 0.25) is 0 Å². The Hall–Kier alpha value is -1.50. The lowest BCUT2D eigenvalue weighted by Gasteiger charge is -2.37. The number of carbonyl (C=O) groups is 1. The Labute approximate surface area is 174 Å². The number of piperidine rings is 1. The van der Waals surface area contributed by atoms with Gasteiger partial charge < -0.3 is 14.5 Å². The van der Waals surface area contributed by atoms with Gasteiger partial charge in [0.25, 0.3) is 0 Å². The second kappa shape index (κ2) is 11.0. The molecule has 1 aromatic rings. The van der Waals surface area contributed by atoms with E-state index in [4.69, 9.17) is 4.74 Å². The molecule has 2 aliphatic heterocycles. The van der Waals surface area contributed by atoms with E-state index < -0.39 is 0 Å². The molecule has 5 nitrogen and oxygen atoms in total. The first kappa shape index (κ1) is 22.2.